The number of nitrogens with two attached hydrogens (primary N) is 1. The van der Waals surface area contributed by atoms with E-state index in [1.165, 1.54) is 6.92 Å². The third-order valence-corrected chi connectivity index (χ3v) is 3.42. The Morgan fingerprint density at radius 2 is 1.93 bits per heavy atom. The second-order valence-electron chi connectivity index (χ2n) is 3.52. The summed E-state index contributed by atoms with van der Waals surface area (Å²) >= 11 is 0. The number of hydrogen-bond acceptors (Lipinski definition) is 4. The minimum absolute atomic E-state index is 0.0570. The lowest BCUT2D eigenvalue weighted by molar-refractivity contribution is -0.124. The molecule has 0 saturated heterocycles. The van der Waals surface area contributed by atoms with Crippen molar-refractivity contribution >= 4 is 15.9 Å². The van der Waals surface area contributed by atoms with Gasteiger partial charge in [-0.2, -0.15) is 0 Å². The van der Waals surface area contributed by atoms with Gasteiger partial charge in [0.25, 0.3) is 5.91 Å². The molecular weight excluding hydrogens is 204 g/mol. The quantitative estimate of drug-likeness (QED) is 0.683. The molecule has 6 heteroatoms. The van der Waals surface area contributed by atoms with E-state index in [0.29, 0.717) is 12.8 Å². The summed E-state index contributed by atoms with van der Waals surface area (Å²) in [6.07, 6.45) is 0.858. The Balaban J connectivity index is 4.48. The van der Waals surface area contributed by atoms with Gasteiger partial charge in [0, 0.05) is 0 Å². The minimum atomic E-state index is -3.50. The largest absolute Gasteiger partial charge is 0.318 e. The number of sulfonamides is 1. The average molecular weight is 222 g/mol. The van der Waals surface area contributed by atoms with Gasteiger partial charge in [0.05, 0.1) is 11.3 Å². The van der Waals surface area contributed by atoms with Crippen LogP contribution in [0, 0.1) is 0 Å². The molecule has 1 atom stereocenters. The van der Waals surface area contributed by atoms with E-state index in [1.807, 2.05) is 4.72 Å². The summed E-state index contributed by atoms with van der Waals surface area (Å²) in [5.41, 5.74) is 4.46. The van der Waals surface area contributed by atoms with E-state index in [0.717, 1.165) is 0 Å². The van der Waals surface area contributed by atoms with Gasteiger partial charge in [0.1, 0.15) is 0 Å². The lowest BCUT2D eigenvalue weighted by Crippen LogP contribution is -2.52. The van der Waals surface area contributed by atoms with E-state index in [1.54, 1.807) is 13.8 Å². The minimum Gasteiger partial charge on any atom is -0.318 e. The summed E-state index contributed by atoms with van der Waals surface area (Å²) in [6, 6.07) is 0. The van der Waals surface area contributed by atoms with Crippen molar-refractivity contribution in [2.45, 2.75) is 39.2 Å². The van der Waals surface area contributed by atoms with E-state index in [4.69, 9.17) is 5.73 Å². The smallest absolute Gasteiger partial charge is 0.253 e. The Kier molecular flexibility index (Phi) is 4.54. The molecule has 0 heterocycles. The topological polar surface area (TPSA) is 89.3 Å². The maximum atomic E-state index is 11.4. The molecule has 0 aliphatic rings. The lowest BCUT2D eigenvalue weighted by Gasteiger charge is -2.21. The Morgan fingerprint density at radius 1 is 1.43 bits per heavy atom. The van der Waals surface area contributed by atoms with E-state index >= 15 is 0 Å². The SMILES string of the molecule is CCCS(=O)(=O)NC(=O)C(C)(N)CC. The van der Waals surface area contributed by atoms with Crippen LogP contribution in [-0.4, -0.2) is 25.6 Å². The van der Waals surface area contributed by atoms with Crippen LogP contribution < -0.4 is 10.5 Å². The van der Waals surface area contributed by atoms with Crippen molar-refractivity contribution in [1.29, 1.82) is 0 Å². The first kappa shape index (κ1) is 13.4. The highest BCUT2D eigenvalue weighted by molar-refractivity contribution is 7.90. The molecule has 0 saturated carbocycles. The van der Waals surface area contributed by atoms with Crippen LogP contribution in [0.3, 0.4) is 0 Å². The first-order chi connectivity index (χ1) is 6.25. The van der Waals surface area contributed by atoms with Gasteiger partial charge >= 0.3 is 0 Å². The number of amides is 1. The molecule has 0 spiro atoms. The molecule has 0 bridgehead atoms. The number of carbonyl (C=O) groups excluding carboxylic acids is 1. The van der Waals surface area contributed by atoms with Gasteiger partial charge in [-0.1, -0.05) is 13.8 Å². The summed E-state index contributed by atoms with van der Waals surface area (Å²) in [5.74, 6) is -0.702. The predicted octanol–water partition coefficient (Wildman–Crippen LogP) is -0.0302. The standard InChI is InChI=1S/C8H18N2O3S/c1-4-6-14(12,13)10-7(11)8(3,9)5-2/h4-6,9H2,1-3H3,(H,10,11). The van der Waals surface area contributed by atoms with Gasteiger partial charge in [-0.15, -0.1) is 0 Å². The van der Waals surface area contributed by atoms with Crippen molar-refractivity contribution < 1.29 is 13.2 Å². The molecule has 0 aliphatic heterocycles. The van der Waals surface area contributed by atoms with Crippen LogP contribution in [0.4, 0.5) is 0 Å². The maximum Gasteiger partial charge on any atom is 0.253 e. The van der Waals surface area contributed by atoms with Crippen LogP contribution in [0.15, 0.2) is 0 Å². The molecule has 84 valence electrons. The molecule has 0 rings (SSSR count). The molecule has 0 aromatic rings. The van der Waals surface area contributed by atoms with Crippen molar-refractivity contribution in [1.82, 2.24) is 4.72 Å². The molecule has 5 nitrogen and oxygen atoms in total. The summed E-state index contributed by atoms with van der Waals surface area (Å²) in [4.78, 5) is 11.4. The van der Waals surface area contributed by atoms with Crippen LogP contribution in [0.1, 0.15) is 33.6 Å². The van der Waals surface area contributed by atoms with E-state index in [9.17, 15) is 13.2 Å². The third kappa shape index (κ3) is 4.06. The molecule has 1 amide bonds. The van der Waals surface area contributed by atoms with Crippen LogP contribution in [-0.2, 0) is 14.8 Å². The highest BCUT2D eigenvalue weighted by Crippen LogP contribution is 2.05. The predicted molar refractivity (Wildman–Crippen MR) is 55.1 cm³/mol. The molecule has 1 unspecified atom stereocenters. The third-order valence-electron chi connectivity index (χ3n) is 1.97. The molecule has 0 fully saturated rings. The fraction of sp³-hybridized carbons (Fsp3) is 0.875. The Labute approximate surface area is 85.1 Å². The molecule has 3 N–H and O–H groups in total. The van der Waals surface area contributed by atoms with Crippen molar-refractivity contribution in [2.24, 2.45) is 5.73 Å². The molecule has 14 heavy (non-hydrogen) atoms. The van der Waals surface area contributed by atoms with Crippen molar-refractivity contribution in [3.63, 3.8) is 0 Å². The van der Waals surface area contributed by atoms with Gasteiger partial charge in [-0.05, 0) is 19.8 Å². The van der Waals surface area contributed by atoms with Crippen LogP contribution in [0.5, 0.6) is 0 Å². The molecule has 0 aliphatic carbocycles. The Hall–Kier alpha value is -0.620. The van der Waals surface area contributed by atoms with Crippen molar-refractivity contribution in [2.75, 3.05) is 5.75 Å². The first-order valence-electron chi connectivity index (χ1n) is 4.59. The molecule has 0 aromatic heterocycles. The molecular formula is C8H18N2O3S. The second kappa shape index (κ2) is 4.75. The average Bonchev–Trinajstić information content (AvgIpc) is 2.03. The monoisotopic (exact) mass is 222 g/mol. The number of nitrogens with one attached hydrogen (secondary N) is 1. The first-order valence-corrected chi connectivity index (χ1v) is 6.24. The lowest BCUT2D eigenvalue weighted by atomic mass is 10.0. The number of rotatable bonds is 5. The van der Waals surface area contributed by atoms with Gasteiger partial charge in [0.15, 0.2) is 0 Å². The van der Waals surface area contributed by atoms with E-state index in [-0.39, 0.29) is 5.75 Å². The van der Waals surface area contributed by atoms with E-state index in [2.05, 4.69) is 0 Å². The van der Waals surface area contributed by atoms with Gasteiger partial charge < -0.3 is 5.73 Å². The summed E-state index contributed by atoms with van der Waals surface area (Å²) in [7, 11) is -3.50. The van der Waals surface area contributed by atoms with Crippen LogP contribution >= 0.6 is 0 Å². The zero-order valence-electron chi connectivity index (χ0n) is 8.83. The normalized spacial score (nSPS) is 16.0. The van der Waals surface area contributed by atoms with Gasteiger partial charge in [0.2, 0.25) is 10.0 Å². The zero-order valence-corrected chi connectivity index (χ0v) is 9.65. The highest BCUT2D eigenvalue weighted by atomic mass is 32.2. The van der Waals surface area contributed by atoms with Crippen LogP contribution in [0.25, 0.3) is 0 Å². The summed E-state index contributed by atoms with van der Waals surface area (Å²) < 4.78 is 24.4. The molecule has 0 radical (unpaired) electrons. The highest BCUT2D eigenvalue weighted by Gasteiger charge is 2.29. The maximum absolute atomic E-state index is 11.4. The number of carbonyl (C=O) groups is 1. The fourth-order valence-corrected chi connectivity index (χ4v) is 1.89. The van der Waals surface area contributed by atoms with Crippen molar-refractivity contribution in [3.8, 4) is 0 Å². The zero-order chi connectivity index (χ0) is 11.4. The molecule has 0 aromatic carbocycles. The van der Waals surface area contributed by atoms with Crippen molar-refractivity contribution in [3.05, 3.63) is 0 Å². The second-order valence-corrected chi connectivity index (χ2v) is 5.36. The number of hydrogen-bond donors (Lipinski definition) is 2. The van der Waals surface area contributed by atoms with Gasteiger partial charge in [-0.3, -0.25) is 9.52 Å². The Morgan fingerprint density at radius 3 is 2.29 bits per heavy atom. The Bertz CT molecular complexity index is 296. The van der Waals surface area contributed by atoms with Gasteiger partial charge in [-0.25, -0.2) is 8.42 Å². The van der Waals surface area contributed by atoms with E-state index < -0.39 is 21.5 Å². The van der Waals surface area contributed by atoms with Crippen LogP contribution in [0.2, 0.25) is 0 Å². The fourth-order valence-electron chi connectivity index (χ4n) is 0.738. The summed E-state index contributed by atoms with van der Waals surface area (Å²) in [5, 5.41) is 0. The summed E-state index contributed by atoms with van der Waals surface area (Å²) in [6.45, 7) is 4.96.